The molecule has 0 aliphatic rings. The van der Waals surface area contributed by atoms with Crippen LogP contribution in [0.25, 0.3) is 0 Å². The first-order chi connectivity index (χ1) is 9.69. The van der Waals surface area contributed by atoms with Gasteiger partial charge in [-0.15, -0.1) is 0 Å². The van der Waals surface area contributed by atoms with Gasteiger partial charge in [-0.2, -0.15) is 0 Å². The Bertz CT molecular complexity index is 406. The number of aliphatic hydroxyl groups is 2. The van der Waals surface area contributed by atoms with Crippen LogP contribution in [-0.2, 0) is 0 Å². The fourth-order valence-corrected chi connectivity index (χ4v) is 2.39. The zero-order valence-corrected chi connectivity index (χ0v) is 14.1. The van der Waals surface area contributed by atoms with Gasteiger partial charge in [-0.25, -0.2) is 0 Å². The second-order valence-corrected chi connectivity index (χ2v) is 7.41. The van der Waals surface area contributed by atoms with E-state index in [1.165, 1.54) is 5.56 Å². The highest BCUT2D eigenvalue weighted by Crippen LogP contribution is 2.21. The fourth-order valence-electron chi connectivity index (χ4n) is 2.39. The van der Waals surface area contributed by atoms with Crippen LogP contribution < -0.4 is 5.32 Å². The van der Waals surface area contributed by atoms with Crippen LogP contribution >= 0.6 is 0 Å². The average molecular weight is 293 g/mol. The molecule has 0 aromatic heterocycles. The number of hydrogen-bond donors (Lipinski definition) is 3. The quantitative estimate of drug-likeness (QED) is 0.723. The van der Waals surface area contributed by atoms with Crippen molar-refractivity contribution < 1.29 is 10.2 Å². The van der Waals surface area contributed by atoms with E-state index in [1.807, 2.05) is 12.1 Å². The summed E-state index contributed by atoms with van der Waals surface area (Å²) >= 11 is 0. The van der Waals surface area contributed by atoms with Crippen LogP contribution in [-0.4, -0.2) is 29.4 Å². The molecule has 2 unspecified atom stereocenters. The minimum Gasteiger partial charge on any atom is -0.392 e. The molecule has 0 saturated carbocycles. The zero-order valence-electron chi connectivity index (χ0n) is 14.1. The molecule has 0 saturated heterocycles. The zero-order chi connectivity index (χ0) is 16.0. The summed E-state index contributed by atoms with van der Waals surface area (Å²) in [5, 5.41) is 23.2. The fraction of sp³-hybridized carbons (Fsp3) is 0.667. The monoisotopic (exact) mass is 293 g/mol. The van der Waals surface area contributed by atoms with Crippen molar-refractivity contribution in [3.8, 4) is 0 Å². The van der Waals surface area contributed by atoms with Gasteiger partial charge in [-0.1, -0.05) is 58.9 Å². The van der Waals surface area contributed by atoms with E-state index in [4.69, 9.17) is 0 Å². The van der Waals surface area contributed by atoms with Gasteiger partial charge in [0.05, 0.1) is 12.2 Å². The van der Waals surface area contributed by atoms with Crippen LogP contribution in [0.15, 0.2) is 24.3 Å². The Balaban J connectivity index is 2.38. The Morgan fingerprint density at radius 1 is 0.952 bits per heavy atom. The van der Waals surface area contributed by atoms with Crippen molar-refractivity contribution in [1.82, 2.24) is 5.32 Å². The molecule has 21 heavy (non-hydrogen) atoms. The summed E-state index contributed by atoms with van der Waals surface area (Å²) in [5.41, 5.74) is 2.31. The third-order valence-electron chi connectivity index (χ3n) is 3.55. The van der Waals surface area contributed by atoms with Crippen molar-refractivity contribution in [2.45, 2.75) is 59.2 Å². The number of benzene rings is 1. The van der Waals surface area contributed by atoms with Crippen LogP contribution in [0.4, 0.5) is 0 Å². The highest BCUT2D eigenvalue weighted by Gasteiger charge is 2.16. The van der Waals surface area contributed by atoms with Crippen LogP contribution in [0.3, 0.4) is 0 Å². The molecule has 0 aliphatic carbocycles. The summed E-state index contributed by atoms with van der Waals surface area (Å²) < 4.78 is 0. The van der Waals surface area contributed by atoms with Crippen molar-refractivity contribution in [1.29, 1.82) is 0 Å². The largest absolute Gasteiger partial charge is 0.392 e. The van der Waals surface area contributed by atoms with Crippen molar-refractivity contribution in [2.75, 3.05) is 13.1 Å². The summed E-state index contributed by atoms with van der Waals surface area (Å²) in [6.07, 6.45) is -0.160. The van der Waals surface area contributed by atoms with Crippen molar-refractivity contribution in [2.24, 2.45) is 5.41 Å². The summed E-state index contributed by atoms with van der Waals surface area (Å²) in [7, 11) is 0. The minimum absolute atomic E-state index is 0.117. The molecule has 120 valence electrons. The van der Waals surface area contributed by atoms with E-state index in [9.17, 15) is 10.2 Å². The first-order valence-corrected chi connectivity index (χ1v) is 7.86. The van der Waals surface area contributed by atoms with E-state index in [1.54, 1.807) is 0 Å². The van der Waals surface area contributed by atoms with Gasteiger partial charge < -0.3 is 15.5 Å². The molecular weight excluding hydrogens is 262 g/mol. The Hall–Kier alpha value is -0.900. The van der Waals surface area contributed by atoms with Crippen LogP contribution in [0.1, 0.15) is 64.2 Å². The second kappa shape index (κ2) is 7.92. The van der Waals surface area contributed by atoms with Gasteiger partial charge in [-0.3, -0.25) is 0 Å². The van der Waals surface area contributed by atoms with Crippen molar-refractivity contribution in [3.05, 3.63) is 35.4 Å². The predicted octanol–water partition coefficient (Wildman–Crippen LogP) is 3.23. The maximum absolute atomic E-state index is 10.2. The molecule has 0 heterocycles. The minimum atomic E-state index is -0.534. The average Bonchev–Trinajstić information content (AvgIpc) is 2.36. The first kappa shape index (κ1) is 18.1. The topological polar surface area (TPSA) is 52.5 Å². The molecule has 1 aromatic rings. The molecule has 0 amide bonds. The Morgan fingerprint density at radius 2 is 1.48 bits per heavy atom. The molecule has 0 spiro atoms. The Morgan fingerprint density at radius 3 is 1.95 bits per heavy atom. The van der Waals surface area contributed by atoms with Gasteiger partial charge in [-0.05, 0) is 28.9 Å². The molecule has 2 atom stereocenters. The lowest BCUT2D eigenvalue weighted by Crippen LogP contribution is -2.32. The van der Waals surface area contributed by atoms with E-state index in [-0.39, 0.29) is 11.5 Å². The third kappa shape index (κ3) is 7.07. The van der Waals surface area contributed by atoms with Gasteiger partial charge in [0, 0.05) is 13.1 Å². The molecule has 0 aliphatic heterocycles. The van der Waals surface area contributed by atoms with Gasteiger partial charge in [0.15, 0.2) is 0 Å². The Kier molecular flexibility index (Phi) is 6.85. The molecule has 0 bridgehead atoms. The lowest BCUT2D eigenvalue weighted by Gasteiger charge is -2.23. The highest BCUT2D eigenvalue weighted by atomic mass is 16.3. The summed E-state index contributed by atoms with van der Waals surface area (Å²) in [6, 6.07) is 8.09. The SMILES string of the molecule is CC(C)c1ccc(C(O)CNCC(O)CC(C)(C)C)cc1. The van der Waals surface area contributed by atoms with E-state index in [0.29, 0.717) is 19.0 Å². The maximum Gasteiger partial charge on any atom is 0.0914 e. The van der Waals surface area contributed by atoms with Gasteiger partial charge >= 0.3 is 0 Å². The predicted molar refractivity (Wildman–Crippen MR) is 88.4 cm³/mol. The van der Waals surface area contributed by atoms with Crippen molar-refractivity contribution >= 4 is 0 Å². The number of nitrogens with one attached hydrogen (secondary N) is 1. The van der Waals surface area contributed by atoms with E-state index >= 15 is 0 Å². The van der Waals surface area contributed by atoms with Gasteiger partial charge in [0.25, 0.3) is 0 Å². The molecule has 3 N–H and O–H groups in total. The smallest absolute Gasteiger partial charge is 0.0914 e. The molecule has 3 heteroatoms. The van der Waals surface area contributed by atoms with Crippen LogP contribution in [0.5, 0.6) is 0 Å². The first-order valence-electron chi connectivity index (χ1n) is 7.86. The standard InChI is InChI=1S/C18H31NO2/c1-13(2)14-6-8-15(9-7-14)17(21)12-19-11-16(20)10-18(3,4)5/h6-9,13,16-17,19-21H,10-12H2,1-5H3. The van der Waals surface area contributed by atoms with E-state index in [2.05, 4.69) is 52.1 Å². The van der Waals surface area contributed by atoms with Crippen LogP contribution in [0.2, 0.25) is 0 Å². The van der Waals surface area contributed by atoms with Crippen molar-refractivity contribution in [3.63, 3.8) is 0 Å². The number of hydrogen-bond acceptors (Lipinski definition) is 3. The maximum atomic E-state index is 10.2. The second-order valence-electron chi connectivity index (χ2n) is 7.41. The molecule has 3 nitrogen and oxygen atoms in total. The van der Waals surface area contributed by atoms with E-state index in [0.717, 1.165) is 12.0 Å². The number of rotatable bonds is 7. The molecular formula is C18H31NO2. The summed E-state index contributed by atoms with van der Waals surface area (Å²) in [5.74, 6) is 0.502. The third-order valence-corrected chi connectivity index (χ3v) is 3.55. The van der Waals surface area contributed by atoms with Crippen LogP contribution in [0, 0.1) is 5.41 Å². The lowest BCUT2D eigenvalue weighted by molar-refractivity contribution is 0.111. The molecule has 1 aromatic carbocycles. The van der Waals surface area contributed by atoms with Gasteiger partial charge in [0.2, 0.25) is 0 Å². The number of aliphatic hydroxyl groups excluding tert-OH is 2. The molecule has 0 fully saturated rings. The van der Waals surface area contributed by atoms with Gasteiger partial charge in [0.1, 0.15) is 0 Å². The summed E-state index contributed by atoms with van der Waals surface area (Å²) in [4.78, 5) is 0. The van der Waals surface area contributed by atoms with E-state index < -0.39 is 6.10 Å². The Labute approximate surface area is 129 Å². The highest BCUT2D eigenvalue weighted by molar-refractivity contribution is 5.26. The normalized spacial score (nSPS) is 15.2. The lowest BCUT2D eigenvalue weighted by atomic mass is 9.89. The molecule has 1 rings (SSSR count). The molecule has 0 radical (unpaired) electrons. The summed E-state index contributed by atoms with van der Waals surface area (Å²) in [6.45, 7) is 11.6.